The molecule has 3 aromatic rings. The number of hydrogen-bond acceptors (Lipinski definition) is 5. The first-order valence-corrected chi connectivity index (χ1v) is 6.43. The molecule has 0 bridgehead atoms. The van der Waals surface area contributed by atoms with E-state index < -0.39 is 0 Å². The second-order valence-corrected chi connectivity index (χ2v) is 4.59. The third-order valence-electron chi connectivity index (χ3n) is 2.37. The summed E-state index contributed by atoms with van der Waals surface area (Å²) in [6, 6.07) is 0. The van der Waals surface area contributed by atoms with Crippen LogP contribution >= 0.6 is 11.8 Å². The SMILES string of the molecule is CCNc1cn2ccnc2c(Sc2ncc[nH]2)n1. The Morgan fingerprint density at radius 1 is 1.39 bits per heavy atom. The molecule has 3 aromatic heterocycles. The van der Waals surface area contributed by atoms with Crippen molar-refractivity contribution < 1.29 is 0 Å². The number of aromatic nitrogens is 5. The van der Waals surface area contributed by atoms with Crippen LogP contribution in [-0.2, 0) is 0 Å². The van der Waals surface area contributed by atoms with Gasteiger partial charge in [0.1, 0.15) is 10.8 Å². The van der Waals surface area contributed by atoms with Gasteiger partial charge in [-0.25, -0.2) is 15.0 Å². The quantitative estimate of drug-likeness (QED) is 0.751. The van der Waals surface area contributed by atoms with Crippen LogP contribution in [-0.4, -0.2) is 30.9 Å². The summed E-state index contributed by atoms with van der Waals surface area (Å²) in [6.07, 6.45) is 9.11. The lowest BCUT2D eigenvalue weighted by Gasteiger charge is -2.06. The van der Waals surface area contributed by atoms with Gasteiger partial charge in [0, 0.05) is 31.3 Å². The van der Waals surface area contributed by atoms with Crippen molar-refractivity contribution in [2.24, 2.45) is 0 Å². The summed E-state index contributed by atoms with van der Waals surface area (Å²) >= 11 is 1.47. The number of H-pyrrole nitrogens is 1. The second-order valence-electron chi connectivity index (χ2n) is 3.62. The topological polar surface area (TPSA) is 70.9 Å². The van der Waals surface area contributed by atoms with E-state index in [4.69, 9.17) is 0 Å². The summed E-state index contributed by atoms with van der Waals surface area (Å²) in [7, 11) is 0. The maximum Gasteiger partial charge on any atom is 0.171 e. The van der Waals surface area contributed by atoms with E-state index in [0.29, 0.717) is 0 Å². The van der Waals surface area contributed by atoms with Crippen LogP contribution < -0.4 is 5.32 Å². The van der Waals surface area contributed by atoms with Crippen molar-refractivity contribution in [2.45, 2.75) is 17.1 Å². The van der Waals surface area contributed by atoms with Crippen LogP contribution in [0, 0.1) is 0 Å². The molecule has 3 heterocycles. The largest absolute Gasteiger partial charge is 0.369 e. The maximum atomic E-state index is 4.55. The molecular weight excluding hydrogens is 248 g/mol. The fourth-order valence-corrected chi connectivity index (χ4v) is 2.45. The summed E-state index contributed by atoms with van der Waals surface area (Å²) in [5.74, 6) is 0.831. The first-order valence-electron chi connectivity index (χ1n) is 5.61. The zero-order valence-corrected chi connectivity index (χ0v) is 10.6. The third-order valence-corrected chi connectivity index (χ3v) is 3.25. The second kappa shape index (κ2) is 4.69. The minimum absolute atomic E-state index is 0.807. The van der Waals surface area contributed by atoms with Crippen molar-refractivity contribution in [3.05, 3.63) is 31.0 Å². The van der Waals surface area contributed by atoms with E-state index in [9.17, 15) is 0 Å². The van der Waals surface area contributed by atoms with E-state index in [0.717, 1.165) is 28.2 Å². The van der Waals surface area contributed by atoms with Gasteiger partial charge in [0.25, 0.3) is 0 Å². The van der Waals surface area contributed by atoms with Gasteiger partial charge in [-0.05, 0) is 18.7 Å². The number of nitrogens with zero attached hydrogens (tertiary/aromatic N) is 4. The maximum absolute atomic E-state index is 4.55. The monoisotopic (exact) mass is 260 g/mol. The Hall–Kier alpha value is -2.02. The molecule has 0 spiro atoms. The Kier molecular flexibility index (Phi) is 2.89. The highest BCUT2D eigenvalue weighted by Gasteiger charge is 2.10. The molecule has 92 valence electrons. The molecule has 0 atom stereocenters. The van der Waals surface area contributed by atoms with Gasteiger partial charge in [0.2, 0.25) is 0 Å². The lowest BCUT2D eigenvalue weighted by molar-refractivity contribution is 0.998. The van der Waals surface area contributed by atoms with Crippen molar-refractivity contribution in [1.82, 2.24) is 24.3 Å². The molecule has 0 amide bonds. The van der Waals surface area contributed by atoms with Gasteiger partial charge in [-0.15, -0.1) is 0 Å². The first kappa shape index (κ1) is 11.1. The predicted molar refractivity (Wildman–Crippen MR) is 69.9 cm³/mol. The van der Waals surface area contributed by atoms with Crippen molar-refractivity contribution in [3.63, 3.8) is 0 Å². The van der Waals surface area contributed by atoms with Crippen molar-refractivity contribution >= 4 is 23.2 Å². The molecule has 18 heavy (non-hydrogen) atoms. The van der Waals surface area contributed by atoms with Gasteiger partial charge < -0.3 is 14.7 Å². The molecule has 7 heteroatoms. The van der Waals surface area contributed by atoms with E-state index in [1.54, 1.807) is 18.6 Å². The number of nitrogens with one attached hydrogen (secondary N) is 2. The normalized spacial score (nSPS) is 10.9. The lowest BCUT2D eigenvalue weighted by atomic mass is 10.6. The Morgan fingerprint density at radius 2 is 2.33 bits per heavy atom. The average Bonchev–Trinajstić information content (AvgIpc) is 2.99. The van der Waals surface area contributed by atoms with Gasteiger partial charge in [0.15, 0.2) is 10.8 Å². The Morgan fingerprint density at radius 3 is 3.11 bits per heavy atom. The van der Waals surface area contributed by atoms with Crippen molar-refractivity contribution in [2.75, 3.05) is 11.9 Å². The molecule has 2 N–H and O–H groups in total. The van der Waals surface area contributed by atoms with E-state index in [1.165, 1.54) is 11.8 Å². The number of imidazole rings is 2. The van der Waals surface area contributed by atoms with E-state index in [2.05, 4.69) is 25.3 Å². The molecular formula is C11H12N6S. The highest BCUT2D eigenvalue weighted by molar-refractivity contribution is 7.99. The molecule has 3 rings (SSSR count). The third kappa shape index (κ3) is 2.04. The zero-order chi connectivity index (χ0) is 12.4. The smallest absolute Gasteiger partial charge is 0.171 e. The van der Waals surface area contributed by atoms with Crippen LogP contribution in [0.4, 0.5) is 5.82 Å². The molecule has 0 radical (unpaired) electrons. The fourth-order valence-electron chi connectivity index (χ4n) is 1.64. The van der Waals surface area contributed by atoms with Gasteiger partial charge >= 0.3 is 0 Å². The summed E-state index contributed by atoms with van der Waals surface area (Å²) in [4.78, 5) is 16.1. The fraction of sp³-hybridized carbons (Fsp3) is 0.182. The standard InChI is InChI=1S/C11H12N6S/c1-2-12-8-7-17-6-5-13-9(17)10(16-8)18-11-14-3-4-15-11/h3-7,12H,2H2,1H3,(H,14,15). The Balaban J connectivity index is 2.04. The zero-order valence-electron chi connectivity index (χ0n) is 9.79. The number of aromatic amines is 1. The molecule has 0 fully saturated rings. The van der Waals surface area contributed by atoms with Gasteiger partial charge in [0.05, 0.1) is 6.20 Å². The van der Waals surface area contributed by atoms with Crippen LogP contribution in [0.1, 0.15) is 6.92 Å². The summed E-state index contributed by atoms with van der Waals surface area (Å²) in [6.45, 7) is 2.87. The van der Waals surface area contributed by atoms with Crippen LogP contribution in [0.3, 0.4) is 0 Å². The van der Waals surface area contributed by atoms with Crippen LogP contribution in [0.25, 0.3) is 5.65 Å². The highest BCUT2D eigenvalue weighted by Crippen LogP contribution is 2.27. The van der Waals surface area contributed by atoms with E-state index in [-0.39, 0.29) is 0 Å². The molecule has 0 aliphatic carbocycles. The Bertz CT molecular complexity index is 645. The molecule has 0 aromatic carbocycles. The van der Waals surface area contributed by atoms with Crippen LogP contribution in [0.15, 0.2) is 41.2 Å². The number of hydrogen-bond donors (Lipinski definition) is 2. The van der Waals surface area contributed by atoms with Gasteiger partial charge in [-0.2, -0.15) is 0 Å². The predicted octanol–water partition coefficient (Wildman–Crippen LogP) is 2.04. The minimum Gasteiger partial charge on any atom is -0.369 e. The van der Waals surface area contributed by atoms with Crippen LogP contribution in [0.2, 0.25) is 0 Å². The van der Waals surface area contributed by atoms with Gasteiger partial charge in [-0.1, -0.05) is 0 Å². The molecule has 0 unspecified atom stereocenters. The molecule has 0 saturated heterocycles. The molecule has 0 aliphatic heterocycles. The van der Waals surface area contributed by atoms with Crippen molar-refractivity contribution in [1.29, 1.82) is 0 Å². The molecule has 0 aliphatic rings. The highest BCUT2D eigenvalue weighted by atomic mass is 32.2. The number of fused-ring (bicyclic) bond motifs is 1. The van der Waals surface area contributed by atoms with E-state index in [1.807, 2.05) is 23.7 Å². The molecule has 6 nitrogen and oxygen atoms in total. The lowest BCUT2D eigenvalue weighted by Crippen LogP contribution is -2.02. The molecule has 0 saturated carbocycles. The minimum atomic E-state index is 0.807. The van der Waals surface area contributed by atoms with Crippen molar-refractivity contribution in [3.8, 4) is 0 Å². The number of rotatable bonds is 4. The summed E-state index contributed by atoms with van der Waals surface area (Å²) in [5.41, 5.74) is 0.832. The summed E-state index contributed by atoms with van der Waals surface area (Å²) < 4.78 is 1.95. The average molecular weight is 260 g/mol. The first-order chi connectivity index (χ1) is 8.86. The Labute approximate surface area is 108 Å². The van der Waals surface area contributed by atoms with Gasteiger partial charge in [-0.3, -0.25) is 0 Å². The summed E-state index contributed by atoms with van der Waals surface area (Å²) in [5, 5.41) is 4.84. The van der Waals surface area contributed by atoms with Crippen LogP contribution in [0.5, 0.6) is 0 Å². The van der Waals surface area contributed by atoms with E-state index >= 15 is 0 Å². The number of anilines is 1.